The van der Waals surface area contributed by atoms with Crippen molar-refractivity contribution in [2.24, 2.45) is 5.92 Å². The Kier molecular flexibility index (Phi) is 7.22. The fraction of sp³-hybridized carbons (Fsp3) is 0.476. The summed E-state index contributed by atoms with van der Waals surface area (Å²) in [6, 6.07) is 3.48. The number of aromatic nitrogens is 3. The minimum Gasteiger partial charge on any atom is -0.384 e. The van der Waals surface area contributed by atoms with Gasteiger partial charge in [0.1, 0.15) is 12.4 Å². The lowest BCUT2D eigenvalue weighted by Crippen LogP contribution is -2.38. The van der Waals surface area contributed by atoms with Crippen LogP contribution in [0, 0.1) is 19.8 Å². The topological polar surface area (TPSA) is 144 Å². The molecular weight excluding hydrogens is 398 g/mol. The van der Waals surface area contributed by atoms with Crippen LogP contribution in [0.1, 0.15) is 49.1 Å². The largest absolute Gasteiger partial charge is 0.384 e. The van der Waals surface area contributed by atoms with Crippen molar-refractivity contribution < 1.29 is 9.59 Å². The van der Waals surface area contributed by atoms with Crippen molar-refractivity contribution in [1.82, 2.24) is 25.3 Å². The minimum atomic E-state index is -0.485. The summed E-state index contributed by atoms with van der Waals surface area (Å²) in [5, 5.41) is 2.78. The average Bonchev–Trinajstić information content (AvgIpc) is 3.23. The maximum Gasteiger partial charge on any atom is 0.295 e. The van der Waals surface area contributed by atoms with Gasteiger partial charge >= 0.3 is 0 Å². The summed E-state index contributed by atoms with van der Waals surface area (Å²) in [5.41, 5.74) is 12.4. The molecule has 0 aromatic carbocycles. The van der Waals surface area contributed by atoms with Crippen LogP contribution in [0.5, 0.6) is 0 Å². The van der Waals surface area contributed by atoms with Crippen molar-refractivity contribution in [3.05, 3.63) is 45.6 Å². The normalized spacial score (nSPS) is 13.7. The lowest BCUT2D eigenvalue weighted by atomic mass is 10.0. The van der Waals surface area contributed by atoms with E-state index in [2.05, 4.69) is 26.1 Å². The predicted molar refractivity (Wildman–Crippen MR) is 117 cm³/mol. The van der Waals surface area contributed by atoms with E-state index in [1.165, 1.54) is 10.8 Å². The fourth-order valence-electron chi connectivity index (χ4n) is 3.70. The third-order valence-electron chi connectivity index (χ3n) is 5.52. The molecular formula is C21H29N7O3. The zero-order valence-corrected chi connectivity index (χ0v) is 17.9. The monoisotopic (exact) mass is 427 g/mol. The zero-order valence-electron chi connectivity index (χ0n) is 17.9. The number of hydrazine groups is 1. The first-order valence-electron chi connectivity index (χ1n) is 10.4. The maximum absolute atomic E-state index is 12.7. The molecule has 5 N–H and O–H groups in total. The molecule has 2 aromatic heterocycles. The highest BCUT2D eigenvalue weighted by atomic mass is 16.2. The zero-order chi connectivity index (χ0) is 22.4. The summed E-state index contributed by atoms with van der Waals surface area (Å²) >= 11 is 0. The van der Waals surface area contributed by atoms with Gasteiger partial charge in [-0.3, -0.25) is 29.8 Å². The molecule has 0 unspecified atom stereocenters. The second-order valence-electron chi connectivity index (χ2n) is 7.92. The van der Waals surface area contributed by atoms with Crippen LogP contribution < -0.4 is 27.5 Å². The number of nitrogens with two attached hydrogens (primary N) is 1. The van der Waals surface area contributed by atoms with Crippen LogP contribution in [0.15, 0.2) is 23.1 Å². The fourth-order valence-corrected chi connectivity index (χ4v) is 3.70. The Bertz CT molecular complexity index is 1010. The molecule has 10 nitrogen and oxygen atoms in total. The Balaban J connectivity index is 1.58. The number of amides is 2. The molecule has 2 amide bonds. The highest BCUT2D eigenvalue weighted by molar-refractivity contribution is 5.77. The van der Waals surface area contributed by atoms with E-state index in [-0.39, 0.29) is 30.7 Å². The van der Waals surface area contributed by atoms with Gasteiger partial charge in [0, 0.05) is 30.6 Å². The maximum atomic E-state index is 12.7. The molecule has 31 heavy (non-hydrogen) atoms. The van der Waals surface area contributed by atoms with E-state index in [9.17, 15) is 14.4 Å². The molecule has 0 radical (unpaired) electrons. The van der Waals surface area contributed by atoms with Gasteiger partial charge in [-0.05, 0) is 44.2 Å². The van der Waals surface area contributed by atoms with Crippen LogP contribution in [0.25, 0.3) is 0 Å². The van der Waals surface area contributed by atoms with Crippen LogP contribution in [0.2, 0.25) is 0 Å². The summed E-state index contributed by atoms with van der Waals surface area (Å²) < 4.78 is 1.31. The van der Waals surface area contributed by atoms with Crippen LogP contribution in [0.4, 0.5) is 11.6 Å². The number of carbonyl (C=O) groups is 2. The quantitative estimate of drug-likeness (QED) is 0.463. The lowest BCUT2D eigenvalue weighted by Gasteiger charge is -2.14. The number of carbonyl (C=O) groups excluding carboxylic acids is 2. The van der Waals surface area contributed by atoms with Crippen molar-refractivity contribution >= 4 is 23.5 Å². The number of nitrogen functional groups attached to an aromatic ring is 1. The molecule has 10 heteroatoms. The number of aryl methyl sites for hydroxylation is 2. The van der Waals surface area contributed by atoms with Gasteiger partial charge in [0.15, 0.2) is 0 Å². The van der Waals surface area contributed by atoms with Crippen LogP contribution >= 0.6 is 0 Å². The van der Waals surface area contributed by atoms with Gasteiger partial charge in [-0.15, -0.1) is 0 Å². The van der Waals surface area contributed by atoms with E-state index in [0.29, 0.717) is 23.9 Å². The number of nitrogens with one attached hydrogen (secondary N) is 3. The Labute approximate surface area is 180 Å². The van der Waals surface area contributed by atoms with Gasteiger partial charge in [0.2, 0.25) is 17.6 Å². The van der Waals surface area contributed by atoms with E-state index in [1.807, 2.05) is 6.92 Å². The smallest absolute Gasteiger partial charge is 0.295 e. The van der Waals surface area contributed by atoms with Crippen molar-refractivity contribution in [3.63, 3.8) is 0 Å². The molecule has 0 saturated heterocycles. The van der Waals surface area contributed by atoms with Crippen molar-refractivity contribution in [2.45, 2.75) is 59.0 Å². The summed E-state index contributed by atoms with van der Waals surface area (Å²) in [5.74, 6) is 0.279. The number of nitrogens with zero attached hydrogens (tertiary/aromatic N) is 3. The highest BCUT2D eigenvalue weighted by Gasteiger charge is 2.19. The van der Waals surface area contributed by atoms with Gasteiger partial charge in [0.05, 0.1) is 0 Å². The van der Waals surface area contributed by atoms with E-state index >= 15 is 0 Å². The van der Waals surface area contributed by atoms with Gasteiger partial charge in [0.25, 0.3) is 5.56 Å². The molecule has 1 fully saturated rings. The molecule has 3 rings (SSSR count). The molecule has 166 valence electrons. The number of hydrogen-bond acceptors (Lipinski definition) is 7. The van der Waals surface area contributed by atoms with E-state index in [0.717, 1.165) is 36.9 Å². The first kappa shape index (κ1) is 22.3. The predicted octanol–water partition coefficient (Wildman–Crippen LogP) is 1.18. The molecule has 1 saturated carbocycles. The second kappa shape index (κ2) is 10.1. The van der Waals surface area contributed by atoms with Crippen molar-refractivity contribution in [3.8, 4) is 0 Å². The van der Waals surface area contributed by atoms with Gasteiger partial charge in [-0.1, -0.05) is 18.9 Å². The molecule has 2 aromatic rings. The Morgan fingerprint density at radius 3 is 2.65 bits per heavy atom. The number of rotatable bonds is 8. The molecule has 0 bridgehead atoms. The third-order valence-corrected chi connectivity index (χ3v) is 5.52. The summed E-state index contributed by atoms with van der Waals surface area (Å²) in [6.07, 6.45) is 6.34. The summed E-state index contributed by atoms with van der Waals surface area (Å²) in [7, 11) is 0. The molecule has 1 aliphatic carbocycles. The standard InChI is InChI=1S/C21H29N7O3/c1-13-10-24-20(27-26-18(29)9-15-5-3-4-6-15)21(31)28(13)12-19(30)23-11-16-7-8-17(22)25-14(16)2/h7-8,10,15H,3-6,9,11-12H2,1-2H3,(H2,22,25)(H,23,30)(H,24,27)(H,26,29). The molecule has 0 atom stereocenters. The summed E-state index contributed by atoms with van der Waals surface area (Å²) in [4.78, 5) is 45.5. The first-order chi connectivity index (χ1) is 14.8. The first-order valence-corrected chi connectivity index (χ1v) is 10.4. The van der Waals surface area contributed by atoms with Gasteiger partial charge in [-0.25, -0.2) is 9.97 Å². The summed E-state index contributed by atoms with van der Waals surface area (Å²) in [6.45, 7) is 3.62. The number of anilines is 2. The number of hydrogen-bond donors (Lipinski definition) is 4. The van der Waals surface area contributed by atoms with Crippen LogP contribution in [-0.4, -0.2) is 26.3 Å². The second-order valence-corrected chi connectivity index (χ2v) is 7.92. The van der Waals surface area contributed by atoms with E-state index in [4.69, 9.17) is 5.73 Å². The molecule has 0 spiro atoms. The van der Waals surface area contributed by atoms with Crippen LogP contribution in [-0.2, 0) is 22.7 Å². The van der Waals surface area contributed by atoms with Crippen molar-refractivity contribution in [2.75, 3.05) is 11.2 Å². The Morgan fingerprint density at radius 2 is 1.94 bits per heavy atom. The molecule has 0 aliphatic heterocycles. The molecule has 2 heterocycles. The average molecular weight is 428 g/mol. The highest BCUT2D eigenvalue weighted by Crippen LogP contribution is 2.27. The van der Waals surface area contributed by atoms with Crippen LogP contribution in [0.3, 0.4) is 0 Å². The lowest BCUT2D eigenvalue weighted by molar-refractivity contribution is -0.122. The Morgan fingerprint density at radius 1 is 1.19 bits per heavy atom. The molecule has 1 aliphatic rings. The van der Waals surface area contributed by atoms with E-state index < -0.39 is 5.56 Å². The van der Waals surface area contributed by atoms with Gasteiger partial charge in [-0.2, -0.15) is 0 Å². The number of pyridine rings is 1. The minimum absolute atomic E-state index is 0.0308. The van der Waals surface area contributed by atoms with Crippen molar-refractivity contribution in [1.29, 1.82) is 0 Å². The van der Waals surface area contributed by atoms with E-state index in [1.54, 1.807) is 19.1 Å². The third kappa shape index (κ3) is 6.03. The van der Waals surface area contributed by atoms with Gasteiger partial charge < -0.3 is 11.1 Å². The SMILES string of the molecule is Cc1nc(N)ccc1CNC(=O)Cn1c(C)cnc(NNC(=O)CC2CCCC2)c1=O. The Hall–Kier alpha value is -3.43.